The van der Waals surface area contributed by atoms with E-state index in [1.54, 1.807) is 0 Å². The number of nitrogens with zero attached hydrogens (tertiary/aromatic N) is 3. The number of carbonyl (C=O) groups excluding carboxylic acids is 1. The Morgan fingerprint density at radius 3 is 2.68 bits per heavy atom. The van der Waals surface area contributed by atoms with E-state index in [0.29, 0.717) is 6.54 Å². The van der Waals surface area contributed by atoms with Crippen molar-refractivity contribution < 1.29 is 4.79 Å². The van der Waals surface area contributed by atoms with Crippen molar-refractivity contribution in [3.8, 4) is 0 Å². The predicted octanol–water partition coefficient (Wildman–Crippen LogP) is 3.01. The standard InChI is InChI=1S/C19H29N5O/c1-14(9-10-23(4)5)20-19(25)21-18-8-6-7-17(12-18)13-24-16(3)11-15(2)22-24/h6-8,11-12,14H,9-10,13H2,1-5H3,(H2,20,21,25)/t14-/m1/s1. The number of anilines is 1. The Labute approximate surface area is 150 Å². The fourth-order valence-electron chi connectivity index (χ4n) is 2.67. The zero-order chi connectivity index (χ0) is 18.4. The summed E-state index contributed by atoms with van der Waals surface area (Å²) in [6.07, 6.45) is 0.915. The summed E-state index contributed by atoms with van der Waals surface area (Å²) in [5.74, 6) is 0. The van der Waals surface area contributed by atoms with Gasteiger partial charge in [0.05, 0.1) is 12.2 Å². The van der Waals surface area contributed by atoms with E-state index in [1.165, 1.54) is 0 Å². The van der Waals surface area contributed by atoms with Crippen LogP contribution in [0.15, 0.2) is 30.3 Å². The summed E-state index contributed by atoms with van der Waals surface area (Å²) >= 11 is 0. The van der Waals surface area contributed by atoms with Crippen LogP contribution in [-0.4, -0.2) is 47.4 Å². The average molecular weight is 343 g/mol. The van der Waals surface area contributed by atoms with Gasteiger partial charge in [-0.2, -0.15) is 5.10 Å². The largest absolute Gasteiger partial charge is 0.335 e. The van der Waals surface area contributed by atoms with E-state index in [-0.39, 0.29) is 12.1 Å². The Morgan fingerprint density at radius 2 is 2.04 bits per heavy atom. The lowest BCUT2D eigenvalue weighted by Crippen LogP contribution is -2.37. The van der Waals surface area contributed by atoms with Crippen LogP contribution in [0.1, 0.15) is 30.3 Å². The first-order valence-electron chi connectivity index (χ1n) is 8.65. The first-order valence-corrected chi connectivity index (χ1v) is 8.65. The van der Waals surface area contributed by atoms with E-state index in [9.17, 15) is 4.79 Å². The van der Waals surface area contributed by atoms with Gasteiger partial charge in [-0.15, -0.1) is 0 Å². The Bertz CT molecular complexity index is 708. The highest BCUT2D eigenvalue weighted by Gasteiger charge is 2.08. The lowest BCUT2D eigenvalue weighted by Gasteiger charge is -2.17. The molecule has 0 fully saturated rings. The molecule has 0 bridgehead atoms. The number of hydrogen-bond donors (Lipinski definition) is 2. The van der Waals surface area contributed by atoms with Crippen LogP contribution >= 0.6 is 0 Å². The number of amides is 2. The SMILES string of the molecule is Cc1cc(C)n(Cc2cccc(NC(=O)N[C@H](C)CCN(C)C)c2)n1. The third-order valence-electron chi connectivity index (χ3n) is 4.01. The highest BCUT2D eigenvalue weighted by molar-refractivity contribution is 5.89. The molecule has 1 aromatic heterocycles. The molecular weight excluding hydrogens is 314 g/mol. The third-order valence-corrected chi connectivity index (χ3v) is 4.01. The van der Waals surface area contributed by atoms with E-state index >= 15 is 0 Å². The molecule has 25 heavy (non-hydrogen) atoms. The maximum atomic E-state index is 12.1. The van der Waals surface area contributed by atoms with Crippen molar-refractivity contribution in [3.05, 3.63) is 47.3 Å². The molecule has 1 atom stereocenters. The molecule has 6 nitrogen and oxygen atoms in total. The monoisotopic (exact) mass is 343 g/mol. The number of carbonyl (C=O) groups is 1. The first kappa shape index (κ1) is 19.0. The molecule has 0 saturated carbocycles. The van der Waals surface area contributed by atoms with Gasteiger partial charge in [0, 0.05) is 17.4 Å². The van der Waals surface area contributed by atoms with E-state index in [4.69, 9.17) is 0 Å². The Balaban J connectivity index is 1.92. The fourth-order valence-corrected chi connectivity index (χ4v) is 2.67. The van der Waals surface area contributed by atoms with Crippen LogP contribution in [0.25, 0.3) is 0 Å². The van der Waals surface area contributed by atoms with E-state index < -0.39 is 0 Å². The summed E-state index contributed by atoms with van der Waals surface area (Å²) in [4.78, 5) is 14.3. The van der Waals surface area contributed by atoms with Crippen LogP contribution in [0, 0.1) is 13.8 Å². The first-order chi connectivity index (χ1) is 11.8. The summed E-state index contributed by atoms with van der Waals surface area (Å²) in [6, 6.07) is 9.89. The molecule has 2 N–H and O–H groups in total. The van der Waals surface area contributed by atoms with E-state index in [0.717, 1.165) is 35.6 Å². The molecule has 0 aliphatic carbocycles. The molecule has 0 spiro atoms. The summed E-state index contributed by atoms with van der Waals surface area (Å²) in [5.41, 5.74) is 4.03. The van der Waals surface area contributed by atoms with Crippen LogP contribution in [0.3, 0.4) is 0 Å². The quantitative estimate of drug-likeness (QED) is 0.812. The molecule has 6 heteroatoms. The zero-order valence-electron chi connectivity index (χ0n) is 15.8. The normalized spacial score (nSPS) is 12.2. The highest BCUT2D eigenvalue weighted by atomic mass is 16.2. The van der Waals surface area contributed by atoms with E-state index in [1.807, 2.05) is 63.8 Å². The minimum absolute atomic E-state index is 0.125. The number of aryl methyl sites for hydroxylation is 2. The third kappa shape index (κ3) is 6.23. The lowest BCUT2D eigenvalue weighted by molar-refractivity contribution is 0.247. The van der Waals surface area contributed by atoms with Crippen LogP contribution in [0.2, 0.25) is 0 Å². The smallest absolute Gasteiger partial charge is 0.319 e. The lowest BCUT2D eigenvalue weighted by atomic mass is 10.2. The maximum absolute atomic E-state index is 12.1. The average Bonchev–Trinajstić information content (AvgIpc) is 2.83. The number of benzene rings is 1. The molecule has 2 aromatic rings. The van der Waals surface area contributed by atoms with Crippen LogP contribution < -0.4 is 10.6 Å². The molecule has 1 aromatic carbocycles. The van der Waals surface area contributed by atoms with Gasteiger partial charge in [-0.05, 0) is 71.6 Å². The number of aromatic nitrogens is 2. The van der Waals surface area contributed by atoms with Crippen molar-refractivity contribution in [3.63, 3.8) is 0 Å². The molecule has 136 valence electrons. The summed E-state index contributed by atoms with van der Waals surface area (Å²) < 4.78 is 1.97. The van der Waals surface area contributed by atoms with Gasteiger partial charge >= 0.3 is 6.03 Å². The summed E-state index contributed by atoms with van der Waals surface area (Å²) in [5, 5.41) is 10.4. The fraction of sp³-hybridized carbons (Fsp3) is 0.474. The second-order valence-corrected chi connectivity index (χ2v) is 6.88. The molecule has 2 rings (SSSR count). The molecule has 0 radical (unpaired) electrons. The molecule has 0 aliphatic rings. The van der Waals surface area contributed by atoms with Crippen LogP contribution in [-0.2, 0) is 6.54 Å². The maximum Gasteiger partial charge on any atom is 0.319 e. The highest BCUT2D eigenvalue weighted by Crippen LogP contribution is 2.13. The van der Waals surface area contributed by atoms with Gasteiger partial charge in [0.1, 0.15) is 0 Å². The van der Waals surface area contributed by atoms with Crippen molar-refractivity contribution in [2.45, 2.75) is 39.8 Å². The second-order valence-electron chi connectivity index (χ2n) is 6.88. The summed E-state index contributed by atoms with van der Waals surface area (Å²) in [6.45, 7) is 7.69. The van der Waals surface area contributed by atoms with Gasteiger partial charge in [-0.3, -0.25) is 4.68 Å². The zero-order valence-corrected chi connectivity index (χ0v) is 15.8. The van der Waals surface area contributed by atoms with E-state index in [2.05, 4.69) is 26.7 Å². The molecule has 2 amide bonds. The topological polar surface area (TPSA) is 62.2 Å². The van der Waals surface area contributed by atoms with Crippen molar-refractivity contribution >= 4 is 11.7 Å². The molecular formula is C19H29N5O. The molecule has 0 saturated heterocycles. The van der Waals surface area contributed by atoms with Crippen LogP contribution in [0.5, 0.6) is 0 Å². The summed E-state index contributed by atoms with van der Waals surface area (Å²) in [7, 11) is 4.06. The number of rotatable bonds is 7. The molecule has 1 heterocycles. The van der Waals surface area contributed by atoms with Gasteiger partial charge in [-0.1, -0.05) is 12.1 Å². The second kappa shape index (κ2) is 8.67. The van der Waals surface area contributed by atoms with Gasteiger partial charge in [0.2, 0.25) is 0 Å². The van der Waals surface area contributed by atoms with Gasteiger partial charge in [-0.25, -0.2) is 4.79 Å². The Hall–Kier alpha value is -2.34. The molecule has 0 unspecified atom stereocenters. The van der Waals surface area contributed by atoms with Crippen LogP contribution in [0.4, 0.5) is 10.5 Å². The number of urea groups is 1. The minimum atomic E-state index is -0.172. The number of nitrogens with one attached hydrogen (secondary N) is 2. The van der Waals surface area contributed by atoms with Gasteiger partial charge < -0.3 is 15.5 Å². The Kier molecular flexibility index (Phi) is 6.58. The number of hydrogen-bond acceptors (Lipinski definition) is 3. The predicted molar refractivity (Wildman–Crippen MR) is 102 cm³/mol. The molecule has 0 aliphatic heterocycles. The van der Waals surface area contributed by atoms with Gasteiger partial charge in [0.25, 0.3) is 0 Å². The van der Waals surface area contributed by atoms with Crippen molar-refractivity contribution in [1.29, 1.82) is 0 Å². The van der Waals surface area contributed by atoms with Crippen molar-refractivity contribution in [1.82, 2.24) is 20.0 Å². The Morgan fingerprint density at radius 1 is 1.28 bits per heavy atom. The minimum Gasteiger partial charge on any atom is -0.335 e. The van der Waals surface area contributed by atoms with Gasteiger partial charge in [0.15, 0.2) is 0 Å². The van der Waals surface area contributed by atoms with Crippen molar-refractivity contribution in [2.75, 3.05) is 26.0 Å². The van der Waals surface area contributed by atoms with Crippen molar-refractivity contribution in [2.24, 2.45) is 0 Å².